The van der Waals surface area contributed by atoms with Crippen LogP contribution in [0.1, 0.15) is 66.3 Å². The quantitative estimate of drug-likeness (QED) is 0.798. The molecule has 1 saturated heterocycles. The predicted octanol–water partition coefficient (Wildman–Crippen LogP) is 3.25. The number of aldehydes is 1. The van der Waals surface area contributed by atoms with E-state index in [0.717, 1.165) is 12.0 Å². The fourth-order valence-corrected chi connectivity index (χ4v) is 3.92. The molecule has 0 unspecified atom stereocenters. The molecule has 27 heavy (non-hydrogen) atoms. The Hall–Kier alpha value is -2.57. The fraction of sp³-hybridized carbons (Fsp3) is 0.550. The summed E-state index contributed by atoms with van der Waals surface area (Å²) in [5.74, 6) is -0.773. The molecule has 1 fully saturated rings. The standard InChI is InChI=1S/C20H25NO6/c1-19(2,3)27-18(25)21-9-6-20(7-10-21)8-11-26-16-14(12-22)13(17(23)24)4-5-15(16)20/h4-5,12H,6-11H2,1-3H3,(H,23,24). The number of carboxylic acids is 1. The van der Waals surface area contributed by atoms with E-state index in [-0.39, 0.29) is 22.6 Å². The highest BCUT2D eigenvalue weighted by Gasteiger charge is 2.43. The number of nitrogens with zero attached hydrogens (tertiary/aromatic N) is 1. The van der Waals surface area contributed by atoms with Crippen molar-refractivity contribution >= 4 is 18.3 Å². The molecule has 2 heterocycles. The molecule has 7 heteroatoms. The van der Waals surface area contributed by atoms with Crippen molar-refractivity contribution in [2.45, 2.75) is 51.0 Å². The summed E-state index contributed by atoms with van der Waals surface area (Å²) >= 11 is 0. The lowest BCUT2D eigenvalue weighted by Crippen LogP contribution is -2.48. The normalized spacial score (nSPS) is 18.4. The number of amides is 1. The summed E-state index contributed by atoms with van der Waals surface area (Å²) < 4.78 is 11.2. The van der Waals surface area contributed by atoms with Gasteiger partial charge in [0.25, 0.3) is 0 Å². The SMILES string of the molecule is CC(C)(C)OC(=O)N1CCC2(CCOc3c2ccc(C(=O)O)c3C=O)CC1. The first kappa shape index (κ1) is 19.2. The third-order valence-corrected chi connectivity index (χ3v) is 5.31. The molecular weight excluding hydrogens is 350 g/mol. The smallest absolute Gasteiger partial charge is 0.410 e. The number of carbonyl (C=O) groups is 3. The zero-order chi connectivity index (χ0) is 19.8. The van der Waals surface area contributed by atoms with Crippen molar-refractivity contribution in [2.24, 2.45) is 0 Å². The van der Waals surface area contributed by atoms with Crippen LogP contribution in [0.4, 0.5) is 4.79 Å². The van der Waals surface area contributed by atoms with Crippen LogP contribution in [0.25, 0.3) is 0 Å². The number of hydrogen-bond donors (Lipinski definition) is 1. The first-order valence-electron chi connectivity index (χ1n) is 9.13. The molecule has 1 aromatic rings. The minimum Gasteiger partial charge on any atom is -0.492 e. The van der Waals surface area contributed by atoms with E-state index >= 15 is 0 Å². The molecule has 0 aliphatic carbocycles. The number of hydrogen-bond acceptors (Lipinski definition) is 5. The van der Waals surface area contributed by atoms with Gasteiger partial charge in [-0.25, -0.2) is 9.59 Å². The van der Waals surface area contributed by atoms with E-state index < -0.39 is 11.6 Å². The summed E-state index contributed by atoms with van der Waals surface area (Å²) in [6.07, 6.45) is 2.43. The Bertz CT molecular complexity index is 771. The third-order valence-electron chi connectivity index (χ3n) is 5.31. The summed E-state index contributed by atoms with van der Waals surface area (Å²) in [6.45, 7) is 7.03. The minimum atomic E-state index is -1.15. The number of ether oxygens (including phenoxy) is 2. The molecule has 7 nitrogen and oxygen atoms in total. The Kier molecular flexibility index (Phi) is 4.88. The Morgan fingerprint density at radius 3 is 2.44 bits per heavy atom. The molecule has 146 valence electrons. The van der Waals surface area contributed by atoms with Gasteiger partial charge in [-0.05, 0) is 46.1 Å². The molecule has 2 aliphatic rings. The second-order valence-corrected chi connectivity index (χ2v) is 8.17. The molecule has 2 aliphatic heterocycles. The predicted molar refractivity (Wildman–Crippen MR) is 97.6 cm³/mol. The lowest BCUT2D eigenvalue weighted by atomic mass is 9.68. The van der Waals surface area contributed by atoms with Crippen LogP contribution in [-0.2, 0) is 10.2 Å². The molecule has 1 aromatic carbocycles. The van der Waals surface area contributed by atoms with Crippen molar-refractivity contribution in [1.29, 1.82) is 0 Å². The number of fused-ring (bicyclic) bond motifs is 2. The number of carbonyl (C=O) groups excluding carboxylic acids is 2. The molecule has 0 atom stereocenters. The Morgan fingerprint density at radius 1 is 1.22 bits per heavy atom. The van der Waals surface area contributed by atoms with E-state index in [1.807, 2.05) is 20.8 Å². The molecule has 0 aromatic heterocycles. The Balaban J connectivity index is 1.86. The largest absolute Gasteiger partial charge is 0.492 e. The van der Waals surface area contributed by atoms with Gasteiger partial charge in [0.1, 0.15) is 11.4 Å². The molecule has 1 spiro atoms. The average molecular weight is 375 g/mol. The summed E-state index contributed by atoms with van der Waals surface area (Å²) in [4.78, 5) is 37.0. The van der Waals surface area contributed by atoms with Crippen LogP contribution in [0.2, 0.25) is 0 Å². The van der Waals surface area contributed by atoms with Crippen LogP contribution in [0, 0.1) is 0 Å². The molecule has 0 saturated carbocycles. The lowest BCUT2D eigenvalue weighted by Gasteiger charge is -2.45. The van der Waals surface area contributed by atoms with Gasteiger partial charge in [-0.2, -0.15) is 0 Å². The maximum absolute atomic E-state index is 12.3. The number of piperidine rings is 1. The van der Waals surface area contributed by atoms with Crippen molar-refractivity contribution in [3.8, 4) is 5.75 Å². The number of likely N-dealkylation sites (tertiary alicyclic amines) is 1. The number of aromatic carboxylic acids is 1. The van der Waals surface area contributed by atoms with Gasteiger partial charge in [0, 0.05) is 24.1 Å². The first-order chi connectivity index (χ1) is 12.7. The minimum absolute atomic E-state index is 0.0491. The fourth-order valence-electron chi connectivity index (χ4n) is 3.92. The van der Waals surface area contributed by atoms with Gasteiger partial charge >= 0.3 is 12.1 Å². The third kappa shape index (κ3) is 3.63. The number of benzene rings is 1. The molecule has 0 radical (unpaired) electrons. The zero-order valence-electron chi connectivity index (χ0n) is 15.9. The van der Waals surface area contributed by atoms with Crippen molar-refractivity contribution in [3.63, 3.8) is 0 Å². The second-order valence-electron chi connectivity index (χ2n) is 8.17. The highest BCUT2D eigenvalue weighted by Crippen LogP contribution is 2.47. The molecule has 1 N–H and O–H groups in total. The second kappa shape index (κ2) is 6.87. The van der Waals surface area contributed by atoms with E-state index in [9.17, 15) is 19.5 Å². The first-order valence-corrected chi connectivity index (χ1v) is 9.13. The van der Waals surface area contributed by atoms with Gasteiger partial charge in [-0.1, -0.05) is 6.07 Å². The molecule has 3 rings (SSSR count). The van der Waals surface area contributed by atoms with E-state index in [0.29, 0.717) is 44.6 Å². The van der Waals surface area contributed by atoms with Crippen LogP contribution in [0.15, 0.2) is 12.1 Å². The van der Waals surface area contributed by atoms with Crippen LogP contribution in [0.3, 0.4) is 0 Å². The highest BCUT2D eigenvalue weighted by atomic mass is 16.6. The summed E-state index contributed by atoms with van der Waals surface area (Å²) in [7, 11) is 0. The Morgan fingerprint density at radius 2 is 1.89 bits per heavy atom. The van der Waals surface area contributed by atoms with Crippen LogP contribution in [0.5, 0.6) is 5.75 Å². The van der Waals surface area contributed by atoms with Gasteiger partial charge in [-0.15, -0.1) is 0 Å². The van der Waals surface area contributed by atoms with Crippen LogP contribution in [-0.4, -0.2) is 53.7 Å². The van der Waals surface area contributed by atoms with E-state index in [1.54, 1.807) is 11.0 Å². The number of carboxylic acid groups (broad SMARTS) is 1. The van der Waals surface area contributed by atoms with E-state index in [1.165, 1.54) is 6.07 Å². The van der Waals surface area contributed by atoms with Gasteiger partial charge in [0.15, 0.2) is 6.29 Å². The average Bonchev–Trinajstić information content (AvgIpc) is 2.60. The van der Waals surface area contributed by atoms with Crippen molar-refractivity contribution in [3.05, 3.63) is 28.8 Å². The zero-order valence-corrected chi connectivity index (χ0v) is 15.9. The van der Waals surface area contributed by atoms with Crippen LogP contribution < -0.4 is 4.74 Å². The lowest BCUT2D eigenvalue weighted by molar-refractivity contribution is 0.0139. The van der Waals surface area contributed by atoms with Crippen LogP contribution >= 0.6 is 0 Å². The number of rotatable bonds is 2. The van der Waals surface area contributed by atoms with Crippen molar-refractivity contribution in [1.82, 2.24) is 4.90 Å². The van der Waals surface area contributed by atoms with Crippen molar-refractivity contribution < 1.29 is 29.0 Å². The molecule has 1 amide bonds. The van der Waals surface area contributed by atoms with Gasteiger partial charge < -0.3 is 19.5 Å². The summed E-state index contributed by atoms with van der Waals surface area (Å²) in [6, 6.07) is 3.23. The van der Waals surface area contributed by atoms with E-state index in [4.69, 9.17) is 9.47 Å². The highest BCUT2D eigenvalue weighted by molar-refractivity contribution is 5.99. The van der Waals surface area contributed by atoms with Crippen molar-refractivity contribution in [2.75, 3.05) is 19.7 Å². The molecular formula is C20H25NO6. The Labute approximate surface area is 158 Å². The summed E-state index contributed by atoms with van der Waals surface area (Å²) in [5.41, 5.74) is 0.148. The van der Waals surface area contributed by atoms with Gasteiger partial charge in [0.05, 0.1) is 17.7 Å². The monoisotopic (exact) mass is 375 g/mol. The maximum atomic E-state index is 12.3. The van der Waals surface area contributed by atoms with Gasteiger partial charge in [-0.3, -0.25) is 4.79 Å². The van der Waals surface area contributed by atoms with Gasteiger partial charge in [0.2, 0.25) is 0 Å². The molecule has 0 bridgehead atoms. The summed E-state index contributed by atoms with van der Waals surface area (Å²) in [5, 5.41) is 9.32. The maximum Gasteiger partial charge on any atom is 0.410 e. The van der Waals surface area contributed by atoms with E-state index in [2.05, 4.69) is 0 Å². The topological polar surface area (TPSA) is 93.1 Å².